The van der Waals surface area contributed by atoms with E-state index in [1.807, 2.05) is 14.0 Å². The molecule has 1 fully saturated rings. The third-order valence-electron chi connectivity index (χ3n) is 3.09. The van der Waals surface area contributed by atoms with Gasteiger partial charge in [0, 0.05) is 25.8 Å². The highest BCUT2D eigenvalue weighted by Crippen LogP contribution is 2.11. The quantitative estimate of drug-likeness (QED) is 0.756. The Bertz CT molecular complexity index is 396. The van der Waals surface area contributed by atoms with Crippen molar-refractivity contribution in [3.05, 3.63) is 17.5 Å². The summed E-state index contributed by atoms with van der Waals surface area (Å²) in [6.45, 7) is 3.99. The molecule has 1 amide bonds. The molecule has 2 heterocycles. The van der Waals surface area contributed by atoms with Crippen LogP contribution in [-0.2, 0) is 11.8 Å². The van der Waals surface area contributed by atoms with Crippen molar-refractivity contribution in [2.75, 3.05) is 26.3 Å². The van der Waals surface area contributed by atoms with Crippen LogP contribution in [0, 0.1) is 6.92 Å². The number of nitrogens with zero attached hydrogens (tertiary/aromatic N) is 3. The molecule has 17 heavy (non-hydrogen) atoms. The van der Waals surface area contributed by atoms with Gasteiger partial charge in [-0.2, -0.15) is 5.10 Å². The summed E-state index contributed by atoms with van der Waals surface area (Å²) in [6.07, 6.45) is 0. The van der Waals surface area contributed by atoms with Gasteiger partial charge in [0.05, 0.1) is 19.3 Å². The molecule has 1 aromatic heterocycles. The second-order valence-electron chi connectivity index (χ2n) is 4.26. The van der Waals surface area contributed by atoms with E-state index >= 15 is 0 Å². The normalized spacial score (nSPS) is 20.6. The number of aromatic nitrogens is 2. The Morgan fingerprint density at radius 1 is 1.71 bits per heavy atom. The Hall–Kier alpha value is -1.40. The third-order valence-corrected chi connectivity index (χ3v) is 3.09. The highest BCUT2D eigenvalue weighted by atomic mass is 16.5. The first-order valence-corrected chi connectivity index (χ1v) is 5.73. The zero-order valence-electron chi connectivity index (χ0n) is 10.2. The number of hydrogen-bond acceptors (Lipinski definition) is 4. The Morgan fingerprint density at radius 2 is 2.47 bits per heavy atom. The van der Waals surface area contributed by atoms with Crippen molar-refractivity contribution in [2.45, 2.75) is 13.0 Å². The molecule has 0 bridgehead atoms. The lowest BCUT2D eigenvalue weighted by Gasteiger charge is -2.34. The molecule has 0 saturated carbocycles. The van der Waals surface area contributed by atoms with E-state index in [0.717, 1.165) is 5.69 Å². The first-order valence-electron chi connectivity index (χ1n) is 5.73. The molecule has 2 N–H and O–H groups in total. The van der Waals surface area contributed by atoms with Gasteiger partial charge in [-0.15, -0.1) is 0 Å². The number of rotatable bonds is 2. The number of hydrogen-bond donors (Lipinski definition) is 1. The molecule has 1 aromatic rings. The zero-order valence-corrected chi connectivity index (χ0v) is 10.2. The van der Waals surface area contributed by atoms with E-state index in [0.29, 0.717) is 32.0 Å². The first kappa shape index (κ1) is 12.1. The smallest absolute Gasteiger partial charge is 0.274 e. The molecule has 0 aliphatic carbocycles. The zero-order chi connectivity index (χ0) is 12.4. The van der Waals surface area contributed by atoms with E-state index < -0.39 is 0 Å². The predicted molar refractivity (Wildman–Crippen MR) is 62.6 cm³/mol. The average Bonchev–Trinajstić information content (AvgIpc) is 2.68. The van der Waals surface area contributed by atoms with E-state index in [9.17, 15) is 4.79 Å². The maximum absolute atomic E-state index is 12.3. The minimum Gasteiger partial charge on any atom is -0.377 e. The van der Waals surface area contributed by atoms with E-state index in [4.69, 9.17) is 10.5 Å². The van der Waals surface area contributed by atoms with Gasteiger partial charge in [-0.3, -0.25) is 9.48 Å². The van der Waals surface area contributed by atoms with Crippen molar-refractivity contribution in [3.8, 4) is 0 Å². The number of ether oxygens (including phenoxy) is 1. The maximum atomic E-state index is 12.3. The molecular formula is C11H18N4O2. The van der Waals surface area contributed by atoms with Crippen molar-refractivity contribution >= 4 is 5.91 Å². The van der Waals surface area contributed by atoms with Crippen LogP contribution in [0.5, 0.6) is 0 Å². The van der Waals surface area contributed by atoms with Crippen LogP contribution in [0.25, 0.3) is 0 Å². The molecule has 6 nitrogen and oxygen atoms in total. The van der Waals surface area contributed by atoms with Crippen LogP contribution in [-0.4, -0.2) is 52.9 Å². The van der Waals surface area contributed by atoms with Crippen LogP contribution in [0.1, 0.15) is 16.2 Å². The topological polar surface area (TPSA) is 73.4 Å². The van der Waals surface area contributed by atoms with Crippen molar-refractivity contribution < 1.29 is 9.53 Å². The van der Waals surface area contributed by atoms with Crippen molar-refractivity contribution in [1.29, 1.82) is 0 Å². The van der Waals surface area contributed by atoms with Gasteiger partial charge in [0.15, 0.2) is 5.69 Å². The summed E-state index contributed by atoms with van der Waals surface area (Å²) in [7, 11) is 1.83. The van der Waals surface area contributed by atoms with Crippen molar-refractivity contribution in [1.82, 2.24) is 14.7 Å². The average molecular weight is 238 g/mol. The van der Waals surface area contributed by atoms with Crippen molar-refractivity contribution in [2.24, 2.45) is 12.8 Å². The molecule has 0 aromatic carbocycles. The highest BCUT2D eigenvalue weighted by Gasteiger charge is 2.28. The number of carbonyl (C=O) groups excluding carboxylic acids is 1. The van der Waals surface area contributed by atoms with Gasteiger partial charge in [-0.25, -0.2) is 0 Å². The Balaban J connectivity index is 2.18. The maximum Gasteiger partial charge on any atom is 0.274 e. The number of carbonyl (C=O) groups is 1. The van der Waals surface area contributed by atoms with E-state index in [1.165, 1.54) is 0 Å². The summed E-state index contributed by atoms with van der Waals surface area (Å²) in [6, 6.07) is 1.75. The molecule has 1 saturated heterocycles. The van der Waals surface area contributed by atoms with E-state index in [2.05, 4.69) is 5.10 Å². The summed E-state index contributed by atoms with van der Waals surface area (Å²) < 4.78 is 7.02. The minimum atomic E-state index is -0.0625. The second-order valence-corrected chi connectivity index (χ2v) is 4.26. The number of nitrogens with two attached hydrogens (primary N) is 1. The number of morpholine rings is 1. The third kappa shape index (κ3) is 2.32. The second kappa shape index (κ2) is 4.85. The van der Waals surface area contributed by atoms with Gasteiger partial charge in [0.2, 0.25) is 0 Å². The fourth-order valence-corrected chi connectivity index (χ4v) is 1.93. The fourth-order valence-electron chi connectivity index (χ4n) is 1.93. The molecule has 6 heteroatoms. The van der Waals surface area contributed by atoms with Crippen LogP contribution in [0.3, 0.4) is 0 Å². The summed E-state index contributed by atoms with van der Waals surface area (Å²) >= 11 is 0. The molecule has 0 radical (unpaired) electrons. The van der Waals surface area contributed by atoms with Crippen molar-refractivity contribution in [3.63, 3.8) is 0 Å². The first-order chi connectivity index (χ1) is 8.13. The monoisotopic (exact) mass is 238 g/mol. The predicted octanol–water partition coefficient (Wildman–Crippen LogP) is -0.472. The van der Waals surface area contributed by atoms with Crippen LogP contribution in [0.4, 0.5) is 0 Å². The number of amides is 1. The Morgan fingerprint density at radius 3 is 3.06 bits per heavy atom. The minimum absolute atomic E-state index is 0.0430. The van der Waals surface area contributed by atoms with Gasteiger partial charge in [0.25, 0.3) is 5.91 Å². The van der Waals surface area contributed by atoms with Gasteiger partial charge >= 0.3 is 0 Å². The largest absolute Gasteiger partial charge is 0.377 e. The standard InChI is InChI=1S/C11H18N4O2/c1-8-5-10(13-14(8)2)11(16)15-3-4-17-7-9(15)6-12/h5,9H,3-4,6-7,12H2,1-2H3. The number of aryl methyl sites for hydroxylation is 2. The van der Waals surface area contributed by atoms with E-state index in [-0.39, 0.29) is 11.9 Å². The Kier molecular flexibility index (Phi) is 3.44. The van der Waals surface area contributed by atoms with E-state index in [1.54, 1.807) is 15.6 Å². The molecular weight excluding hydrogens is 220 g/mol. The van der Waals surface area contributed by atoms with Crippen LogP contribution in [0.2, 0.25) is 0 Å². The lowest BCUT2D eigenvalue weighted by atomic mass is 10.2. The van der Waals surface area contributed by atoms with Crippen LogP contribution in [0.15, 0.2) is 6.07 Å². The van der Waals surface area contributed by atoms with Crippen LogP contribution < -0.4 is 5.73 Å². The fraction of sp³-hybridized carbons (Fsp3) is 0.636. The van der Waals surface area contributed by atoms with Gasteiger partial charge in [-0.1, -0.05) is 0 Å². The molecule has 1 atom stereocenters. The molecule has 1 aliphatic rings. The Labute approximate surface area is 100 Å². The molecule has 94 valence electrons. The van der Waals surface area contributed by atoms with Gasteiger partial charge < -0.3 is 15.4 Å². The molecule has 1 unspecified atom stereocenters. The molecule has 0 spiro atoms. The SMILES string of the molecule is Cc1cc(C(=O)N2CCOCC2CN)nn1C. The lowest BCUT2D eigenvalue weighted by molar-refractivity contribution is 0.000488. The summed E-state index contributed by atoms with van der Waals surface area (Å²) in [4.78, 5) is 14.0. The van der Waals surface area contributed by atoms with Crippen LogP contribution >= 0.6 is 0 Å². The molecule has 1 aliphatic heterocycles. The summed E-state index contributed by atoms with van der Waals surface area (Å²) in [5, 5.41) is 4.20. The summed E-state index contributed by atoms with van der Waals surface area (Å²) in [5.41, 5.74) is 7.09. The molecule has 2 rings (SSSR count). The summed E-state index contributed by atoms with van der Waals surface area (Å²) in [5.74, 6) is -0.0625. The lowest BCUT2D eigenvalue weighted by Crippen LogP contribution is -2.52. The van der Waals surface area contributed by atoms with Gasteiger partial charge in [0.1, 0.15) is 0 Å². The highest BCUT2D eigenvalue weighted by molar-refractivity contribution is 5.92. The van der Waals surface area contributed by atoms with Gasteiger partial charge in [-0.05, 0) is 13.0 Å².